The minimum Gasteiger partial charge on any atom is -0.371 e. The number of benzene rings is 2. The fourth-order valence-electron chi connectivity index (χ4n) is 5.02. The van der Waals surface area contributed by atoms with E-state index in [4.69, 9.17) is 9.47 Å². The predicted molar refractivity (Wildman–Crippen MR) is 140 cm³/mol. The SMILES string of the molecule is O=C1c2ccc(/C=C/CCCC/C=C/c3ccc4c(c3)C(=O)N(CC3CO3)C4O)cc2C(=O)N1CC1CO1. The summed E-state index contributed by atoms with van der Waals surface area (Å²) in [5.41, 5.74) is 4.01. The van der Waals surface area contributed by atoms with E-state index in [0.717, 1.165) is 36.8 Å². The average Bonchev–Trinajstić information content (AvgIpc) is 3.85. The number of aliphatic hydroxyl groups excluding tert-OH is 1. The van der Waals surface area contributed by atoms with E-state index in [1.54, 1.807) is 12.1 Å². The smallest absolute Gasteiger partial charge is 0.261 e. The van der Waals surface area contributed by atoms with Gasteiger partial charge in [-0.05, 0) is 55.0 Å². The number of allylic oxidation sites excluding steroid dienone is 2. The van der Waals surface area contributed by atoms with E-state index >= 15 is 0 Å². The second-order valence-electron chi connectivity index (χ2n) is 10.2. The maximum atomic E-state index is 12.7. The molecular formula is C30H30N2O6. The topological polar surface area (TPSA) is 103 Å². The van der Waals surface area contributed by atoms with Gasteiger partial charge in [0.1, 0.15) is 0 Å². The van der Waals surface area contributed by atoms with Gasteiger partial charge in [-0.1, -0.05) is 42.5 Å². The van der Waals surface area contributed by atoms with E-state index < -0.39 is 6.23 Å². The molecule has 0 spiro atoms. The molecule has 3 unspecified atom stereocenters. The molecular weight excluding hydrogens is 484 g/mol. The van der Waals surface area contributed by atoms with Crippen LogP contribution in [0.1, 0.15) is 79.7 Å². The summed E-state index contributed by atoms with van der Waals surface area (Å²) >= 11 is 0. The van der Waals surface area contributed by atoms with Crippen LogP contribution in [0.4, 0.5) is 0 Å². The minimum atomic E-state index is -0.898. The van der Waals surface area contributed by atoms with E-state index in [1.165, 1.54) is 9.80 Å². The molecule has 3 atom stereocenters. The number of unbranched alkanes of at least 4 members (excludes halogenated alkanes) is 3. The molecule has 0 radical (unpaired) electrons. The highest BCUT2D eigenvalue weighted by Crippen LogP contribution is 2.34. The van der Waals surface area contributed by atoms with Crippen LogP contribution in [-0.4, -0.2) is 71.1 Å². The fraction of sp³-hybridized carbons (Fsp3) is 0.367. The molecule has 0 aliphatic carbocycles. The standard InChI is InChI=1S/C30H30N2O6/c33-27-23-11-9-19(13-25(23)29(35)31(27)15-21-17-37-21)7-5-3-1-2-4-6-8-20-10-12-24-26(14-20)30(36)32(28(24)34)16-22-18-38-22/h5-14,21-22,27,33H,1-4,15-18H2/b7-5+,8-6+. The number of nitrogens with zero attached hydrogens (tertiary/aromatic N) is 2. The quantitative estimate of drug-likeness (QED) is 0.278. The zero-order valence-corrected chi connectivity index (χ0v) is 21.0. The highest BCUT2D eigenvalue weighted by molar-refractivity contribution is 6.21. The van der Waals surface area contributed by atoms with Crippen molar-refractivity contribution in [2.24, 2.45) is 0 Å². The van der Waals surface area contributed by atoms with Crippen LogP contribution in [0.5, 0.6) is 0 Å². The van der Waals surface area contributed by atoms with Crippen molar-refractivity contribution in [3.05, 3.63) is 81.9 Å². The molecule has 4 heterocycles. The summed E-state index contributed by atoms with van der Waals surface area (Å²) < 4.78 is 10.4. The number of epoxide rings is 2. The normalized spacial score (nSPS) is 23.7. The molecule has 8 nitrogen and oxygen atoms in total. The Morgan fingerprint density at radius 2 is 1.34 bits per heavy atom. The number of imide groups is 1. The van der Waals surface area contributed by atoms with Crippen molar-refractivity contribution in [2.75, 3.05) is 26.3 Å². The van der Waals surface area contributed by atoms with Gasteiger partial charge in [0.2, 0.25) is 0 Å². The van der Waals surface area contributed by atoms with Crippen LogP contribution in [0.2, 0.25) is 0 Å². The lowest BCUT2D eigenvalue weighted by Gasteiger charge is -2.19. The number of carbonyl (C=O) groups is 3. The zero-order chi connectivity index (χ0) is 26.2. The first-order valence-electron chi connectivity index (χ1n) is 13.2. The Kier molecular flexibility index (Phi) is 6.69. The first-order chi connectivity index (χ1) is 18.5. The van der Waals surface area contributed by atoms with Gasteiger partial charge >= 0.3 is 0 Å². The van der Waals surface area contributed by atoms with Crippen LogP contribution in [0, 0.1) is 0 Å². The molecule has 3 amide bonds. The molecule has 2 fully saturated rings. The van der Waals surface area contributed by atoms with Crippen LogP contribution in [0.3, 0.4) is 0 Å². The van der Waals surface area contributed by atoms with E-state index in [0.29, 0.717) is 48.6 Å². The molecule has 6 rings (SSSR count). The van der Waals surface area contributed by atoms with Gasteiger partial charge in [-0.2, -0.15) is 0 Å². The molecule has 2 aromatic rings. The highest BCUT2D eigenvalue weighted by Gasteiger charge is 2.40. The number of aliphatic hydroxyl groups is 1. The highest BCUT2D eigenvalue weighted by atomic mass is 16.6. The molecule has 4 aliphatic rings. The van der Waals surface area contributed by atoms with Gasteiger partial charge in [0.15, 0.2) is 6.23 Å². The van der Waals surface area contributed by atoms with Gasteiger partial charge in [0.05, 0.1) is 49.6 Å². The summed E-state index contributed by atoms with van der Waals surface area (Å²) in [4.78, 5) is 40.6. The lowest BCUT2D eigenvalue weighted by Crippen LogP contribution is -2.33. The van der Waals surface area contributed by atoms with Gasteiger partial charge in [-0.3, -0.25) is 19.3 Å². The van der Waals surface area contributed by atoms with E-state index in [1.807, 2.05) is 36.4 Å². The largest absolute Gasteiger partial charge is 0.371 e. The molecule has 38 heavy (non-hydrogen) atoms. The Labute approximate surface area is 221 Å². The molecule has 8 heteroatoms. The summed E-state index contributed by atoms with van der Waals surface area (Å²) in [5.74, 6) is -0.620. The number of rotatable bonds is 11. The van der Waals surface area contributed by atoms with Gasteiger partial charge < -0.3 is 19.5 Å². The molecule has 2 aromatic carbocycles. The Balaban J connectivity index is 0.955. The number of ether oxygens (including phenoxy) is 2. The maximum Gasteiger partial charge on any atom is 0.261 e. The number of fused-ring (bicyclic) bond motifs is 2. The van der Waals surface area contributed by atoms with Crippen LogP contribution < -0.4 is 0 Å². The van der Waals surface area contributed by atoms with Crippen molar-refractivity contribution in [1.29, 1.82) is 0 Å². The van der Waals surface area contributed by atoms with Crippen molar-refractivity contribution in [2.45, 2.75) is 44.1 Å². The molecule has 0 bridgehead atoms. The molecule has 0 aromatic heterocycles. The second kappa shape index (κ2) is 10.3. The van der Waals surface area contributed by atoms with Crippen molar-refractivity contribution in [3.63, 3.8) is 0 Å². The second-order valence-corrected chi connectivity index (χ2v) is 10.2. The van der Waals surface area contributed by atoms with Crippen LogP contribution in [-0.2, 0) is 9.47 Å². The third-order valence-corrected chi connectivity index (χ3v) is 7.34. The lowest BCUT2D eigenvalue weighted by atomic mass is 10.0. The number of hydrogen-bond donors (Lipinski definition) is 1. The summed E-state index contributed by atoms with van der Waals surface area (Å²) in [5, 5.41) is 10.5. The Bertz CT molecular complexity index is 1340. The van der Waals surface area contributed by atoms with Gasteiger partial charge in [-0.15, -0.1) is 0 Å². The Hall–Kier alpha value is -3.59. The van der Waals surface area contributed by atoms with Gasteiger partial charge in [0.25, 0.3) is 17.7 Å². The van der Waals surface area contributed by atoms with Gasteiger partial charge in [-0.25, -0.2) is 0 Å². The zero-order valence-electron chi connectivity index (χ0n) is 21.0. The first kappa shape index (κ1) is 24.7. The lowest BCUT2D eigenvalue weighted by molar-refractivity contribution is 0.0148. The van der Waals surface area contributed by atoms with E-state index in [9.17, 15) is 19.5 Å². The van der Waals surface area contributed by atoms with Crippen molar-refractivity contribution in [1.82, 2.24) is 9.80 Å². The third kappa shape index (κ3) is 5.07. The predicted octanol–water partition coefficient (Wildman–Crippen LogP) is 3.81. The fourth-order valence-corrected chi connectivity index (χ4v) is 5.02. The Morgan fingerprint density at radius 1 is 0.763 bits per heavy atom. The monoisotopic (exact) mass is 514 g/mol. The summed E-state index contributed by atoms with van der Waals surface area (Å²) in [6.45, 7) is 2.00. The molecule has 2 saturated heterocycles. The summed E-state index contributed by atoms with van der Waals surface area (Å²) in [6.07, 6.45) is 11.2. The third-order valence-electron chi connectivity index (χ3n) is 7.34. The molecule has 4 aliphatic heterocycles. The Morgan fingerprint density at radius 3 is 2.00 bits per heavy atom. The van der Waals surface area contributed by atoms with Crippen LogP contribution in [0.25, 0.3) is 12.2 Å². The summed E-state index contributed by atoms with van der Waals surface area (Å²) in [6, 6.07) is 11.0. The number of carbonyl (C=O) groups excluding carboxylic acids is 3. The van der Waals surface area contributed by atoms with Crippen LogP contribution >= 0.6 is 0 Å². The van der Waals surface area contributed by atoms with E-state index in [2.05, 4.69) is 12.2 Å². The van der Waals surface area contributed by atoms with Crippen molar-refractivity contribution < 1.29 is 29.0 Å². The maximum absolute atomic E-state index is 12.7. The van der Waals surface area contributed by atoms with Crippen molar-refractivity contribution in [3.8, 4) is 0 Å². The molecule has 1 N–H and O–H groups in total. The summed E-state index contributed by atoms with van der Waals surface area (Å²) in [7, 11) is 0. The number of hydrogen-bond acceptors (Lipinski definition) is 6. The van der Waals surface area contributed by atoms with E-state index in [-0.39, 0.29) is 29.9 Å². The minimum absolute atomic E-state index is 0.0171. The number of amides is 3. The molecule has 0 saturated carbocycles. The first-order valence-corrected chi connectivity index (χ1v) is 13.2. The average molecular weight is 515 g/mol. The van der Waals surface area contributed by atoms with Gasteiger partial charge in [0, 0.05) is 11.1 Å². The van der Waals surface area contributed by atoms with Crippen LogP contribution in [0.15, 0.2) is 48.6 Å². The molecule has 196 valence electrons. The van der Waals surface area contributed by atoms with Crippen molar-refractivity contribution >= 4 is 29.9 Å².